The van der Waals surface area contributed by atoms with Crippen LogP contribution in [0.4, 0.5) is 17.5 Å². The first-order valence-corrected chi connectivity index (χ1v) is 8.03. The number of rotatable bonds is 6. The summed E-state index contributed by atoms with van der Waals surface area (Å²) in [4.78, 5) is 8.75. The summed E-state index contributed by atoms with van der Waals surface area (Å²) in [5, 5.41) is 6.54. The maximum atomic E-state index is 4.50. The number of hydrogen-bond acceptors (Lipinski definition) is 4. The van der Waals surface area contributed by atoms with Crippen LogP contribution >= 0.6 is 15.9 Å². The molecule has 2 N–H and O–H groups in total. The first-order chi connectivity index (χ1) is 10.1. The van der Waals surface area contributed by atoms with Crippen LogP contribution in [0.1, 0.15) is 38.7 Å². The molecule has 4 nitrogen and oxygen atoms in total. The molecule has 0 bridgehead atoms. The summed E-state index contributed by atoms with van der Waals surface area (Å²) in [7, 11) is 0. The van der Waals surface area contributed by atoms with Gasteiger partial charge in [-0.3, -0.25) is 0 Å². The molecule has 0 saturated carbocycles. The second kappa shape index (κ2) is 7.41. The Morgan fingerprint density at radius 2 is 2.10 bits per heavy atom. The lowest BCUT2D eigenvalue weighted by molar-refractivity contribution is 0.867. The van der Waals surface area contributed by atoms with E-state index in [0.29, 0.717) is 11.9 Å². The van der Waals surface area contributed by atoms with Gasteiger partial charge in [0, 0.05) is 18.4 Å². The molecule has 5 heteroatoms. The summed E-state index contributed by atoms with van der Waals surface area (Å²) in [5.74, 6) is 1.91. The molecule has 0 unspecified atom stereocenters. The van der Waals surface area contributed by atoms with Crippen LogP contribution in [-0.2, 0) is 0 Å². The summed E-state index contributed by atoms with van der Waals surface area (Å²) in [6.07, 6.45) is 2.80. The van der Waals surface area contributed by atoms with Crippen molar-refractivity contribution in [3.05, 3.63) is 40.5 Å². The van der Waals surface area contributed by atoms with Crippen LogP contribution in [0.5, 0.6) is 0 Å². The second-order valence-corrected chi connectivity index (χ2v) is 6.08. The second-order valence-electron chi connectivity index (χ2n) is 5.22. The SMILES string of the molecule is CCCNc1ncc(Br)c(Nc2cccc(C(C)C)c2)n1. The Balaban J connectivity index is 2.20. The minimum absolute atomic E-state index is 0.502. The minimum Gasteiger partial charge on any atom is -0.354 e. The van der Waals surface area contributed by atoms with Crippen molar-refractivity contribution < 1.29 is 0 Å². The molecule has 1 heterocycles. The van der Waals surface area contributed by atoms with Crippen molar-refractivity contribution in [2.24, 2.45) is 0 Å². The van der Waals surface area contributed by atoms with Crippen LogP contribution in [0.2, 0.25) is 0 Å². The van der Waals surface area contributed by atoms with E-state index in [1.54, 1.807) is 6.20 Å². The largest absolute Gasteiger partial charge is 0.354 e. The predicted octanol–water partition coefficient (Wildman–Crippen LogP) is 4.93. The Morgan fingerprint density at radius 1 is 1.29 bits per heavy atom. The van der Waals surface area contributed by atoms with Crippen LogP contribution in [0, 0.1) is 0 Å². The molecule has 112 valence electrons. The standard InChI is InChI=1S/C16H21BrN4/c1-4-8-18-16-19-10-14(17)15(21-16)20-13-7-5-6-12(9-13)11(2)3/h5-7,9-11H,4,8H2,1-3H3,(H2,18,19,20,21). The van der Waals surface area contributed by atoms with Gasteiger partial charge in [-0.05, 0) is 46.0 Å². The van der Waals surface area contributed by atoms with E-state index >= 15 is 0 Å². The number of benzene rings is 1. The van der Waals surface area contributed by atoms with E-state index in [2.05, 4.69) is 75.5 Å². The lowest BCUT2D eigenvalue weighted by Crippen LogP contribution is -2.06. The molecular formula is C16H21BrN4. The van der Waals surface area contributed by atoms with Crippen molar-refractivity contribution in [3.8, 4) is 0 Å². The quantitative estimate of drug-likeness (QED) is 0.777. The van der Waals surface area contributed by atoms with Crippen molar-refractivity contribution in [2.45, 2.75) is 33.1 Å². The first kappa shape index (κ1) is 15.8. The summed E-state index contributed by atoms with van der Waals surface area (Å²) in [5.41, 5.74) is 2.33. The van der Waals surface area contributed by atoms with Crippen LogP contribution in [0.15, 0.2) is 34.9 Å². The van der Waals surface area contributed by atoms with Crippen molar-refractivity contribution in [3.63, 3.8) is 0 Å². The van der Waals surface area contributed by atoms with Crippen LogP contribution < -0.4 is 10.6 Å². The minimum atomic E-state index is 0.502. The Morgan fingerprint density at radius 3 is 2.81 bits per heavy atom. The summed E-state index contributed by atoms with van der Waals surface area (Å²) < 4.78 is 0.847. The fraction of sp³-hybridized carbons (Fsp3) is 0.375. The number of nitrogens with one attached hydrogen (secondary N) is 2. The maximum absolute atomic E-state index is 4.50. The number of hydrogen-bond donors (Lipinski definition) is 2. The number of nitrogens with zero attached hydrogens (tertiary/aromatic N) is 2. The van der Waals surface area contributed by atoms with Gasteiger partial charge in [0.25, 0.3) is 0 Å². The van der Waals surface area contributed by atoms with Crippen LogP contribution in [0.3, 0.4) is 0 Å². The molecule has 2 rings (SSSR count). The average molecular weight is 349 g/mol. The Hall–Kier alpha value is -1.62. The van der Waals surface area contributed by atoms with Gasteiger partial charge in [0.2, 0.25) is 5.95 Å². The molecule has 2 aromatic rings. The molecule has 21 heavy (non-hydrogen) atoms. The van der Waals surface area contributed by atoms with Crippen molar-refractivity contribution >= 4 is 33.4 Å². The van der Waals surface area contributed by atoms with E-state index in [1.807, 2.05) is 6.07 Å². The molecule has 0 fully saturated rings. The van der Waals surface area contributed by atoms with Gasteiger partial charge in [0.05, 0.1) is 4.47 Å². The van der Waals surface area contributed by atoms with E-state index in [4.69, 9.17) is 0 Å². The highest BCUT2D eigenvalue weighted by atomic mass is 79.9. The predicted molar refractivity (Wildman–Crippen MR) is 92.3 cm³/mol. The van der Waals surface area contributed by atoms with Gasteiger partial charge in [-0.1, -0.05) is 32.9 Å². The molecule has 0 amide bonds. The average Bonchev–Trinajstić information content (AvgIpc) is 2.48. The topological polar surface area (TPSA) is 49.8 Å². The van der Waals surface area contributed by atoms with Gasteiger partial charge in [-0.15, -0.1) is 0 Å². The fourth-order valence-electron chi connectivity index (χ4n) is 1.89. The highest BCUT2D eigenvalue weighted by Gasteiger charge is 2.06. The molecule has 0 aliphatic rings. The molecular weight excluding hydrogens is 328 g/mol. The first-order valence-electron chi connectivity index (χ1n) is 7.23. The normalized spacial score (nSPS) is 10.7. The zero-order chi connectivity index (χ0) is 15.2. The summed E-state index contributed by atoms with van der Waals surface area (Å²) in [6.45, 7) is 7.35. The van der Waals surface area contributed by atoms with Gasteiger partial charge < -0.3 is 10.6 Å². The lowest BCUT2D eigenvalue weighted by atomic mass is 10.0. The summed E-state index contributed by atoms with van der Waals surface area (Å²) in [6, 6.07) is 8.39. The van der Waals surface area contributed by atoms with Crippen molar-refractivity contribution in [1.82, 2.24) is 9.97 Å². The van der Waals surface area contributed by atoms with E-state index in [0.717, 1.165) is 28.9 Å². The van der Waals surface area contributed by atoms with E-state index in [9.17, 15) is 0 Å². The van der Waals surface area contributed by atoms with Crippen LogP contribution in [0.25, 0.3) is 0 Å². The molecule has 1 aromatic carbocycles. The third-order valence-corrected chi connectivity index (χ3v) is 3.67. The molecule has 0 aliphatic heterocycles. The van der Waals surface area contributed by atoms with E-state index in [-0.39, 0.29) is 0 Å². The Labute approximate surface area is 134 Å². The van der Waals surface area contributed by atoms with Crippen molar-refractivity contribution in [1.29, 1.82) is 0 Å². The smallest absolute Gasteiger partial charge is 0.224 e. The third-order valence-electron chi connectivity index (χ3n) is 3.09. The van der Waals surface area contributed by atoms with Crippen molar-refractivity contribution in [2.75, 3.05) is 17.2 Å². The highest BCUT2D eigenvalue weighted by molar-refractivity contribution is 9.10. The van der Waals surface area contributed by atoms with E-state index < -0.39 is 0 Å². The lowest BCUT2D eigenvalue weighted by Gasteiger charge is -2.12. The van der Waals surface area contributed by atoms with E-state index in [1.165, 1.54) is 5.56 Å². The number of aromatic nitrogens is 2. The number of halogens is 1. The van der Waals surface area contributed by atoms with Gasteiger partial charge in [0.15, 0.2) is 0 Å². The van der Waals surface area contributed by atoms with Gasteiger partial charge >= 0.3 is 0 Å². The van der Waals surface area contributed by atoms with Gasteiger partial charge in [0.1, 0.15) is 5.82 Å². The Kier molecular flexibility index (Phi) is 5.56. The Bertz CT molecular complexity index is 599. The monoisotopic (exact) mass is 348 g/mol. The molecule has 0 aliphatic carbocycles. The molecule has 0 spiro atoms. The van der Waals surface area contributed by atoms with Gasteiger partial charge in [-0.25, -0.2) is 4.98 Å². The zero-order valence-electron chi connectivity index (χ0n) is 12.7. The molecule has 0 saturated heterocycles. The van der Waals surface area contributed by atoms with Gasteiger partial charge in [-0.2, -0.15) is 4.98 Å². The number of anilines is 3. The maximum Gasteiger partial charge on any atom is 0.224 e. The highest BCUT2D eigenvalue weighted by Crippen LogP contribution is 2.26. The zero-order valence-corrected chi connectivity index (χ0v) is 14.2. The summed E-state index contributed by atoms with van der Waals surface area (Å²) >= 11 is 3.49. The molecule has 1 aromatic heterocycles. The molecule has 0 radical (unpaired) electrons. The third kappa shape index (κ3) is 4.43. The fourth-order valence-corrected chi connectivity index (χ4v) is 2.18. The van der Waals surface area contributed by atoms with Crippen LogP contribution in [-0.4, -0.2) is 16.5 Å². The molecule has 0 atom stereocenters.